The molecule has 0 amide bonds. The van der Waals surface area contributed by atoms with E-state index in [0.29, 0.717) is 6.04 Å². The van der Waals surface area contributed by atoms with Gasteiger partial charge in [-0.2, -0.15) is 0 Å². The van der Waals surface area contributed by atoms with E-state index < -0.39 is 0 Å². The van der Waals surface area contributed by atoms with E-state index in [9.17, 15) is 0 Å². The minimum Gasteiger partial charge on any atom is -0.493 e. The second-order valence-corrected chi connectivity index (χ2v) is 6.26. The van der Waals surface area contributed by atoms with Crippen molar-refractivity contribution < 1.29 is 19.7 Å². The minimum absolute atomic E-state index is 0.603. The zero-order valence-corrected chi connectivity index (χ0v) is 13.3. The summed E-state index contributed by atoms with van der Waals surface area (Å²) in [4.78, 5) is 1.76. The fourth-order valence-corrected chi connectivity index (χ4v) is 3.89. The average molecular weight is 292 g/mol. The highest BCUT2D eigenvalue weighted by Crippen LogP contribution is 2.33. The Morgan fingerprint density at radius 2 is 1.67 bits per heavy atom. The molecule has 2 heterocycles. The van der Waals surface area contributed by atoms with Crippen molar-refractivity contribution in [2.24, 2.45) is 0 Å². The van der Waals surface area contributed by atoms with Gasteiger partial charge in [0.1, 0.15) is 13.1 Å². The molecule has 2 aliphatic heterocycles. The van der Waals surface area contributed by atoms with Crippen LogP contribution in [0.5, 0.6) is 11.5 Å². The second kappa shape index (κ2) is 6.67. The number of hydrogen-bond acceptors (Lipinski definition) is 2. The number of benzene rings is 1. The molecular formula is C17H28N2O2+2. The Labute approximate surface area is 127 Å². The molecule has 0 spiro atoms. The van der Waals surface area contributed by atoms with Crippen molar-refractivity contribution in [2.45, 2.75) is 38.3 Å². The van der Waals surface area contributed by atoms with Gasteiger partial charge in [0, 0.05) is 11.1 Å². The number of nitrogens with one attached hydrogen (secondary N) is 1. The lowest BCUT2D eigenvalue weighted by atomic mass is 9.94. The topological polar surface area (TPSA) is 39.5 Å². The first-order valence-electron chi connectivity index (χ1n) is 8.24. The summed E-state index contributed by atoms with van der Waals surface area (Å²) >= 11 is 0. The van der Waals surface area contributed by atoms with Crippen molar-refractivity contribution in [3.8, 4) is 11.5 Å². The lowest BCUT2D eigenvalue weighted by molar-refractivity contribution is -0.947. The predicted octanol–water partition coefficient (Wildman–Crippen LogP) is 0.281. The summed E-state index contributed by atoms with van der Waals surface area (Å²) in [6, 6.07) is 5.00. The van der Waals surface area contributed by atoms with Crippen LogP contribution in [-0.2, 0) is 6.54 Å². The van der Waals surface area contributed by atoms with Gasteiger partial charge in [-0.25, -0.2) is 0 Å². The number of ether oxygens (including phenoxy) is 2. The van der Waals surface area contributed by atoms with E-state index in [2.05, 4.69) is 17.4 Å². The van der Waals surface area contributed by atoms with Crippen molar-refractivity contribution >= 4 is 0 Å². The lowest BCUT2D eigenvalue weighted by Gasteiger charge is -2.31. The fourth-order valence-electron chi connectivity index (χ4n) is 3.89. The molecule has 3 N–H and O–H groups in total. The van der Waals surface area contributed by atoms with Crippen LogP contribution in [0.1, 0.15) is 42.9 Å². The third kappa shape index (κ3) is 3.01. The quantitative estimate of drug-likeness (QED) is 0.840. The summed E-state index contributed by atoms with van der Waals surface area (Å²) in [7, 11) is 3.45. The molecule has 1 atom stereocenters. The minimum atomic E-state index is 0.603. The maximum absolute atomic E-state index is 5.52. The number of methoxy groups -OCH3 is 2. The largest absolute Gasteiger partial charge is 0.493 e. The van der Waals surface area contributed by atoms with Crippen LogP contribution in [0.2, 0.25) is 0 Å². The highest BCUT2D eigenvalue weighted by Gasteiger charge is 2.33. The van der Waals surface area contributed by atoms with Crippen LogP contribution >= 0.6 is 0 Å². The Kier molecular flexibility index (Phi) is 4.66. The third-order valence-electron chi connectivity index (χ3n) is 5.03. The van der Waals surface area contributed by atoms with E-state index in [4.69, 9.17) is 9.47 Å². The van der Waals surface area contributed by atoms with Crippen LogP contribution in [0.4, 0.5) is 0 Å². The Morgan fingerprint density at radius 1 is 1.00 bits per heavy atom. The van der Waals surface area contributed by atoms with E-state index in [1.807, 2.05) is 0 Å². The number of likely N-dealkylation sites (tertiary alicyclic amines) is 1. The molecule has 1 aromatic carbocycles. The molecular weight excluding hydrogens is 264 g/mol. The van der Waals surface area contributed by atoms with Crippen molar-refractivity contribution in [3.05, 3.63) is 23.3 Å². The summed E-state index contributed by atoms with van der Waals surface area (Å²) in [6.07, 6.45) is 5.54. The van der Waals surface area contributed by atoms with Crippen molar-refractivity contribution in [2.75, 3.05) is 33.9 Å². The Morgan fingerprint density at radius 3 is 2.33 bits per heavy atom. The maximum Gasteiger partial charge on any atom is 0.163 e. The molecule has 0 saturated carbocycles. The standard InChI is InChI=1S/C17H26N2O2/c1-20-16-9-13-11-18-12-15(14(13)10-17(16)21-2)19-7-5-3-4-6-8-19/h9-10,15,18H,3-8,11-12H2,1-2H3/p+2/t15-/m0/s1. The van der Waals surface area contributed by atoms with Crippen LogP contribution in [0.25, 0.3) is 0 Å². The van der Waals surface area contributed by atoms with Crippen molar-refractivity contribution in [1.82, 2.24) is 0 Å². The van der Waals surface area contributed by atoms with E-state index in [0.717, 1.165) is 18.0 Å². The lowest BCUT2D eigenvalue weighted by Crippen LogP contribution is -3.15. The Bertz CT molecular complexity index is 482. The number of quaternary nitrogens is 2. The van der Waals surface area contributed by atoms with E-state index in [1.54, 1.807) is 19.1 Å². The van der Waals surface area contributed by atoms with Gasteiger partial charge in [0.25, 0.3) is 0 Å². The van der Waals surface area contributed by atoms with Crippen LogP contribution < -0.4 is 19.7 Å². The summed E-state index contributed by atoms with van der Waals surface area (Å²) in [5.41, 5.74) is 2.90. The second-order valence-electron chi connectivity index (χ2n) is 6.26. The number of fused-ring (bicyclic) bond motifs is 1. The van der Waals surface area contributed by atoms with Crippen LogP contribution in [0.3, 0.4) is 0 Å². The molecule has 116 valence electrons. The first-order valence-corrected chi connectivity index (χ1v) is 8.24. The van der Waals surface area contributed by atoms with Gasteiger partial charge in [-0.3, -0.25) is 0 Å². The van der Waals surface area contributed by atoms with Gasteiger partial charge >= 0.3 is 0 Å². The average Bonchev–Trinajstić information content (AvgIpc) is 2.82. The monoisotopic (exact) mass is 292 g/mol. The SMILES string of the molecule is COc1cc2c(cc1OC)[C@@H]([NH+]1CCCCCC1)C[NH2+]C2. The molecule has 0 bridgehead atoms. The summed E-state index contributed by atoms with van der Waals surface area (Å²) in [6.45, 7) is 4.87. The van der Waals surface area contributed by atoms with Gasteiger partial charge in [-0.05, 0) is 37.8 Å². The van der Waals surface area contributed by atoms with Gasteiger partial charge in [0.2, 0.25) is 0 Å². The molecule has 0 aliphatic carbocycles. The Hall–Kier alpha value is -1.26. The molecule has 2 aliphatic rings. The molecule has 4 heteroatoms. The first kappa shape index (κ1) is 14.7. The van der Waals surface area contributed by atoms with Gasteiger partial charge in [0.05, 0.1) is 27.3 Å². The van der Waals surface area contributed by atoms with E-state index >= 15 is 0 Å². The molecule has 3 rings (SSSR count). The smallest absolute Gasteiger partial charge is 0.163 e. The van der Waals surface area contributed by atoms with Crippen LogP contribution in [0, 0.1) is 0 Å². The molecule has 21 heavy (non-hydrogen) atoms. The zero-order valence-electron chi connectivity index (χ0n) is 13.3. The van der Waals surface area contributed by atoms with Gasteiger partial charge in [-0.15, -0.1) is 0 Å². The normalized spacial score (nSPS) is 23.2. The molecule has 4 nitrogen and oxygen atoms in total. The van der Waals surface area contributed by atoms with Crippen LogP contribution in [0.15, 0.2) is 12.1 Å². The molecule has 0 unspecified atom stereocenters. The van der Waals surface area contributed by atoms with Crippen molar-refractivity contribution in [1.29, 1.82) is 0 Å². The number of hydrogen-bond donors (Lipinski definition) is 2. The third-order valence-corrected chi connectivity index (χ3v) is 5.03. The van der Waals surface area contributed by atoms with E-state index in [1.165, 1.54) is 56.4 Å². The summed E-state index contributed by atoms with van der Waals surface area (Å²) < 4.78 is 11.0. The van der Waals surface area contributed by atoms with Gasteiger partial charge in [0.15, 0.2) is 17.5 Å². The summed E-state index contributed by atoms with van der Waals surface area (Å²) in [5, 5.41) is 2.44. The molecule has 0 radical (unpaired) electrons. The predicted molar refractivity (Wildman–Crippen MR) is 81.9 cm³/mol. The maximum atomic E-state index is 5.52. The fraction of sp³-hybridized carbons (Fsp3) is 0.647. The zero-order chi connectivity index (χ0) is 14.7. The van der Waals surface area contributed by atoms with Crippen molar-refractivity contribution in [3.63, 3.8) is 0 Å². The number of nitrogens with two attached hydrogens (primary N) is 1. The molecule has 0 aromatic heterocycles. The highest BCUT2D eigenvalue weighted by molar-refractivity contribution is 5.48. The number of rotatable bonds is 3. The van der Waals surface area contributed by atoms with Gasteiger partial charge < -0.3 is 19.7 Å². The van der Waals surface area contributed by atoms with Gasteiger partial charge in [-0.1, -0.05) is 0 Å². The highest BCUT2D eigenvalue weighted by atomic mass is 16.5. The first-order chi connectivity index (χ1) is 10.3. The van der Waals surface area contributed by atoms with E-state index in [-0.39, 0.29) is 0 Å². The molecule has 1 fully saturated rings. The van der Waals surface area contributed by atoms with Crippen LogP contribution in [-0.4, -0.2) is 33.9 Å². The Balaban J connectivity index is 1.92. The molecule has 1 aromatic rings. The molecule has 1 saturated heterocycles. The summed E-state index contributed by atoms with van der Waals surface area (Å²) in [5.74, 6) is 1.73.